The normalized spacial score (nSPS) is 11.3. The largest absolute Gasteiger partial charge is 0.396 e. The van der Waals surface area contributed by atoms with Gasteiger partial charge in [0.05, 0.1) is 0 Å². The maximum atomic E-state index is 11.5. The van der Waals surface area contributed by atoms with Crippen LogP contribution in [0.5, 0.6) is 0 Å². The van der Waals surface area contributed by atoms with E-state index in [0.29, 0.717) is 12.2 Å². The summed E-state index contributed by atoms with van der Waals surface area (Å²) in [6.07, 6.45) is 1.39. The van der Waals surface area contributed by atoms with Gasteiger partial charge < -0.3 is 21.4 Å². The molecule has 18 heavy (non-hydrogen) atoms. The number of anilines is 1. The summed E-state index contributed by atoms with van der Waals surface area (Å²) < 4.78 is 1.43. The first-order chi connectivity index (χ1) is 8.65. The highest BCUT2D eigenvalue weighted by Gasteiger charge is 2.10. The highest BCUT2D eigenvalue weighted by atomic mass is 16.3. The number of rotatable bonds is 5. The van der Waals surface area contributed by atoms with Gasteiger partial charge >= 0.3 is 0 Å². The molecule has 0 bridgehead atoms. The number of imidazole rings is 1. The maximum absolute atomic E-state index is 11.5. The van der Waals surface area contributed by atoms with Crippen LogP contribution in [0.3, 0.4) is 0 Å². The van der Waals surface area contributed by atoms with E-state index in [1.807, 2.05) is 0 Å². The van der Waals surface area contributed by atoms with Crippen molar-refractivity contribution in [2.45, 2.75) is 0 Å². The molecule has 9 heteroatoms. The number of aromatic nitrogens is 4. The van der Waals surface area contributed by atoms with Gasteiger partial charge in [-0.2, -0.15) is 4.98 Å². The molecule has 2 aromatic heterocycles. The van der Waals surface area contributed by atoms with Crippen molar-refractivity contribution in [3.8, 4) is 0 Å². The smallest absolute Gasteiger partial charge is 0.280 e. The molecular formula is C9H14N6O3. The Morgan fingerprint density at radius 1 is 1.50 bits per heavy atom. The maximum Gasteiger partial charge on any atom is 0.280 e. The van der Waals surface area contributed by atoms with E-state index < -0.39 is 5.56 Å². The molecule has 2 rings (SSSR count). The summed E-state index contributed by atoms with van der Waals surface area (Å²) >= 11 is 0. The lowest BCUT2D eigenvalue weighted by atomic mass is 10.2. The molecule has 0 saturated heterocycles. The monoisotopic (exact) mass is 254 g/mol. The number of aliphatic hydroxyl groups excluding tert-OH is 2. The minimum atomic E-state index is -0.418. The molecule has 0 spiro atoms. The first kappa shape index (κ1) is 12.3. The van der Waals surface area contributed by atoms with Crippen LogP contribution in [-0.4, -0.2) is 49.6 Å². The molecule has 2 heterocycles. The summed E-state index contributed by atoms with van der Waals surface area (Å²) in [4.78, 5) is 21.7. The molecule has 0 saturated carbocycles. The minimum Gasteiger partial charge on any atom is -0.396 e. The topological polar surface area (TPSA) is 142 Å². The number of nitrogens with two attached hydrogens (primary N) is 1. The molecular weight excluding hydrogens is 240 g/mol. The lowest BCUT2D eigenvalue weighted by Crippen LogP contribution is -2.27. The van der Waals surface area contributed by atoms with Crippen LogP contribution in [-0.2, 0) is 0 Å². The van der Waals surface area contributed by atoms with Crippen molar-refractivity contribution in [3.05, 3.63) is 16.7 Å². The quantitative estimate of drug-likeness (QED) is 0.409. The number of fused-ring (bicyclic) bond motifs is 1. The van der Waals surface area contributed by atoms with Gasteiger partial charge in [0.2, 0.25) is 5.95 Å². The average molecular weight is 254 g/mol. The van der Waals surface area contributed by atoms with E-state index in [-0.39, 0.29) is 30.6 Å². The predicted molar refractivity (Wildman–Crippen MR) is 64.5 cm³/mol. The Hall–Kier alpha value is -2.13. The lowest BCUT2D eigenvalue weighted by Gasteiger charge is -2.13. The molecule has 0 atom stereocenters. The van der Waals surface area contributed by atoms with E-state index in [9.17, 15) is 4.79 Å². The number of nitrogens with zero attached hydrogens (tertiary/aromatic N) is 3. The highest BCUT2D eigenvalue weighted by molar-refractivity contribution is 5.70. The fourth-order valence-corrected chi connectivity index (χ4v) is 1.46. The van der Waals surface area contributed by atoms with E-state index in [4.69, 9.17) is 15.9 Å². The fraction of sp³-hybridized carbons (Fsp3) is 0.444. The van der Waals surface area contributed by atoms with Crippen LogP contribution in [0.15, 0.2) is 11.1 Å². The summed E-state index contributed by atoms with van der Waals surface area (Å²) in [6, 6.07) is 0. The van der Waals surface area contributed by atoms with Gasteiger partial charge in [-0.05, 0) is 0 Å². The van der Waals surface area contributed by atoms with Crippen molar-refractivity contribution in [3.63, 3.8) is 0 Å². The lowest BCUT2D eigenvalue weighted by molar-refractivity contribution is 0.156. The van der Waals surface area contributed by atoms with E-state index in [0.717, 1.165) is 0 Å². The van der Waals surface area contributed by atoms with Crippen LogP contribution in [0.2, 0.25) is 0 Å². The standard InChI is InChI=1S/C9H14N6O3/c10-9-13-7-6(8(18)14-9)11-4-15(7)12-1-5(2-16)3-17/h4-5,12,16-17H,1-3H2,(H3,10,13,14,18). The van der Waals surface area contributed by atoms with Crippen LogP contribution >= 0.6 is 0 Å². The fourth-order valence-electron chi connectivity index (χ4n) is 1.46. The van der Waals surface area contributed by atoms with Gasteiger partial charge in [-0.25, -0.2) is 9.66 Å². The Bertz CT molecular complexity index is 587. The molecule has 0 amide bonds. The summed E-state index contributed by atoms with van der Waals surface area (Å²) in [5.41, 5.74) is 8.38. The Kier molecular flexibility index (Phi) is 3.44. The van der Waals surface area contributed by atoms with Crippen LogP contribution in [0, 0.1) is 5.92 Å². The van der Waals surface area contributed by atoms with Crippen LogP contribution in [0.4, 0.5) is 5.95 Å². The average Bonchev–Trinajstić information content (AvgIpc) is 2.74. The van der Waals surface area contributed by atoms with Crippen molar-refractivity contribution in [1.82, 2.24) is 19.6 Å². The number of H-pyrrole nitrogens is 1. The van der Waals surface area contributed by atoms with Gasteiger partial charge in [-0.3, -0.25) is 9.78 Å². The number of hydrogen-bond acceptors (Lipinski definition) is 7. The third kappa shape index (κ3) is 2.26. The van der Waals surface area contributed by atoms with Gasteiger partial charge in [0, 0.05) is 25.7 Å². The van der Waals surface area contributed by atoms with Crippen molar-refractivity contribution in [2.24, 2.45) is 5.92 Å². The third-order valence-corrected chi connectivity index (χ3v) is 2.49. The van der Waals surface area contributed by atoms with E-state index >= 15 is 0 Å². The molecule has 2 aromatic rings. The zero-order chi connectivity index (χ0) is 13.1. The Labute approximate surface area is 101 Å². The molecule has 0 aliphatic carbocycles. The molecule has 0 aromatic carbocycles. The minimum absolute atomic E-state index is 0.00286. The highest BCUT2D eigenvalue weighted by Crippen LogP contribution is 2.04. The molecule has 98 valence electrons. The Morgan fingerprint density at radius 3 is 2.89 bits per heavy atom. The van der Waals surface area contributed by atoms with E-state index in [1.165, 1.54) is 11.0 Å². The molecule has 0 radical (unpaired) electrons. The zero-order valence-corrected chi connectivity index (χ0v) is 9.50. The van der Waals surface area contributed by atoms with Crippen molar-refractivity contribution < 1.29 is 10.2 Å². The second kappa shape index (κ2) is 5.02. The van der Waals surface area contributed by atoms with E-state index in [1.54, 1.807) is 0 Å². The zero-order valence-electron chi connectivity index (χ0n) is 9.50. The third-order valence-electron chi connectivity index (χ3n) is 2.49. The second-order valence-electron chi connectivity index (χ2n) is 3.83. The van der Waals surface area contributed by atoms with Crippen molar-refractivity contribution in [1.29, 1.82) is 0 Å². The van der Waals surface area contributed by atoms with Crippen LogP contribution in [0.25, 0.3) is 11.2 Å². The molecule has 6 N–H and O–H groups in total. The van der Waals surface area contributed by atoms with Gasteiger partial charge in [-0.1, -0.05) is 0 Å². The van der Waals surface area contributed by atoms with Gasteiger partial charge in [0.1, 0.15) is 6.33 Å². The van der Waals surface area contributed by atoms with Crippen LogP contribution < -0.4 is 16.7 Å². The summed E-state index contributed by atoms with van der Waals surface area (Å²) in [5, 5.41) is 17.9. The number of aromatic amines is 1. The number of nitrogen functional groups attached to an aromatic ring is 1. The van der Waals surface area contributed by atoms with Crippen molar-refractivity contribution in [2.75, 3.05) is 30.9 Å². The molecule has 0 fully saturated rings. The number of aliphatic hydroxyl groups is 2. The van der Waals surface area contributed by atoms with Crippen molar-refractivity contribution >= 4 is 17.1 Å². The number of hydrogen-bond donors (Lipinski definition) is 5. The Morgan fingerprint density at radius 2 is 2.22 bits per heavy atom. The summed E-state index contributed by atoms with van der Waals surface area (Å²) in [5.74, 6) is -0.307. The first-order valence-electron chi connectivity index (χ1n) is 5.34. The molecule has 0 aliphatic heterocycles. The molecule has 0 aliphatic rings. The molecule has 9 nitrogen and oxygen atoms in total. The summed E-state index contributed by atoms with van der Waals surface area (Å²) in [7, 11) is 0. The van der Waals surface area contributed by atoms with Crippen LogP contribution in [0.1, 0.15) is 0 Å². The summed E-state index contributed by atoms with van der Waals surface area (Å²) in [6.45, 7) is 0.0193. The van der Waals surface area contributed by atoms with Gasteiger partial charge in [0.15, 0.2) is 11.2 Å². The first-order valence-corrected chi connectivity index (χ1v) is 5.34. The Balaban J connectivity index is 2.27. The number of nitrogens with one attached hydrogen (secondary N) is 2. The van der Waals surface area contributed by atoms with Gasteiger partial charge in [0.25, 0.3) is 5.56 Å². The molecule has 0 unspecified atom stereocenters. The second-order valence-corrected chi connectivity index (χ2v) is 3.83. The predicted octanol–water partition coefficient (Wildman–Crippen LogP) is -2.15. The SMILES string of the molecule is Nc1nc2c(ncn2NCC(CO)CO)c(=O)[nH]1. The van der Waals surface area contributed by atoms with E-state index in [2.05, 4.69) is 20.4 Å². The van der Waals surface area contributed by atoms with Gasteiger partial charge in [-0.15, -0.1) is 0 Å².